The van der Waals surface area contributed by atoms with Gasteiger partial charge in [0.15, 0.2) is 16.8 Å². The molecule has 0 N–H and O–H groups in total. The number of hydrogen-bond acceptors (Lipinski definition) is 4. The zero-order chi connectivity index (χ0) is 22.7. The third-order valence-electron chi connectivity index (χ3n) is 6.24. The number of ketones is 1. The van der Waals surface area contributed by atoms with Gasteiger partial charge in [0.2, 0.25) is 0 Å². The van der Waals surface area contributed by atoms with Crippen LogP contribution in [0.2, 0.25) is 0 Å². The van der Waals surface area contributed by atoms with Gasteiger partial charge in [0, 0.05) is 29.5 Å². The predicted molar refractivity (Wildman–Crippen MR) is 127 cm³/mol. The van der Waals surface area contributed by atoms with Crippen LogP contribution in [0.25, 0.3) is 11.4 Å². The largest absolute Gasteiger partial charge is 0.345 e. The highest BCUT2D eigenvalue weighted by molar-refractivity contribution is 7.99. The first-order valence-electron chi connectivity index (χ1n) is 11.1. The van der Waals surface area contributed by atoms with E-state index in [0.29, 0.717) is 23.1 Å². The van der Waals surface area contributed by atoms with Gasteiger partial charge >= 0.3 is 0 Å². The number of carbonyl (C=O) groups is 1. The van der Waals surface area contributed by atoms with E-state index in [1.54, 1.807) is 12.1 Å². The van der Waals surface area contributed by atoms with Crippen LogP contribution in [-0.2, 0) is 6.54 Å². The van der Waals surface area contributed by atoms with Crippen molar-refractivity contribution in [3.05, 3.63) is 65.8 Å². The summed E-state index contributed by atoms with van der Waals surface area (Å²) in [7, 11) is 0. The van der Waals surface area contributed by atoms with Gasteiger partial charge in [-0.2, -0.15) is 0 Å². The number of benzene rings is 1. The molecule has 2 heterocycles. The van der Waals surface area contributed by atoms with E-state index < -0.39 is 0 Å². The Morgan fingerprint density at radius 1 is 1.22 bits per heavy atom. The molecule has 2 aromatic heterocycles. The highest BCUT2D eigenvalue weighted by Crippen LogP contribution is 2.36. The summed E-state index contributed by atoms with van der Waals surface area (Å²) in [5, 5.41) is 9.43. The second kappa shape index (κ2) is 9.86. The molecule has 1 fully saturated rings. The van der Waals surface area contributed by atoms with Crippen molar-refractivity contribution >= 4 is 17.5 Å². The molecular formula is C25H29FN4OS. The normalized spacial score (nSPS) is 14.6. The lowest BCUT2D eigenvalue weighted by Gasteiger charge is -2.25. The maximum atomic E-state index is 14.6. The highest BCUT2D eigenvalue weighted by atomic mass is 32.2. The summed E-state index contributed by atoms with van der Waals surface area (Å²) in [6.45, 7) is 8.45. The average Bonchev–Trinajstić information content (AvgIpc) is 3.35. The molecule has 1 aromatic carbocycles. The molecular weight excluding hydrogens is 423 g/mol. The van der Waals surface area contributed by atoms with Crippen molar-refractivity contribution < 1.29 is 9.18 Å². The first-order valence-corrected chi connectivity index (χ1v) is 12.1. The minimum absolute atomic E-state index is 0.0593. The number of aromatic nitrogens is 4. The molecule has 3 aromatic rings. The van der Waals surface area contributed by atoms with Gasteiger partial charge in [0.25, 0.3) is 0 Å². The summed E-state index contributed by atoms with van der Waals surface area (Å²) in [4.78, 5) is 13.0. The molecule has 1 saturated carbocycles. The van der Waals surface area contributed by atoms with E-state index in [2.05, 4.69) is 25.9 Å². The molecule has 4 rings (SSSR count). The smallest absolute Gasteiger partial charge is 0.192 e. The summed E-state index contributed by atoms with van der Waals surface area (Å²) < 4.78 is 18.7. The van der Waals surface area contributed by atoms with E-state index in [4.69, 9.17) is 0 Å². The van der Waals surface area contributed by atoms with Gasteiger partial charge in [-0.15, -0.1) is 16.8 Å². The third kappa shape index (κ3) is 4.44. The van der Waals surface area contributed by atoms with E-state index in [0.717, 1.165) is 42.6 Å². The minimum atomic E-state index is -0.306. The van der Waals surface area contributed by atoms with Gasteiger partial charge in [-0.1, -0.05) is 49.2 Å². The minimum Gasteiger partial charge on any atom is -0.345 e. The standard InChI is InChI=1S/C25H29FN4OS/c1-4-14-29-17(2)15-21(18(29)3)23(31)16-32-25-28-27-24(20-12-8-9-13-22(20)26)30(25)19-10-6-5-7-11-19/h4,8-9,12-13,15,19H,1,5-7,10-11,14,16H2,2-3H3. The molecule has 32 heavy (non-hydrogen) atoms. The molecule has 0 radical (unpaired) electrons. The Morgan fingerprint density at radius 3 is 2.69 bits per heavy atom. The van der Waals surface area contributed by atoms with Crippen LogP contribution in [0.5, 0.6) is 0 Å². The van der Waals surface area contributed by atoms with E-state index in [-0.39, 0.29) is 23.4 Å². The van der Waals surface area contributed by atoms with Crippen molar-refractivity contribution in [2.45, 2.75) is 63.7 Å². The number of carbonyl (C=O) groups excluding carboxylic acids is 1. The molecule has 0 saturated heterocycles. The number of nitrogens with zero attached hydrogens (tertiary/aromatic N) is 4. The fourth-order valence-electron chi connectivity index (χ4n) is 4.57. The first kappa shape index (κ1) is 22.5. The highest BCUT2D eigenvalue weighted by Gasteiger charge is 2.26. The third-order valence-corrected chi connectivity index (χ3v) is 7.18. The fourth-order valence-corrected chi connectivity index (χ4v) is 5.46. The molecule has 0 atom stereocenters. The molecule has 0 unspecified atom stereocenters. The van der Waals surface area contributed by atoms with Gasteiger partial charge in [-0.3, -0.25) is 9.36 Å². The number of hydrogen-bond donors (Lipinski definition) is 0. The molecule has 7 heteroatoms. The van der Waals surface area contributed by atoms with E-state index in [9.17, 15) is 9.18 Å². The van der Waals surface area contributed by atoms with Crippen molar-refractivity contribution in [3.8, 4) is 11.4 Å². The van der Waals surface area contributed by atoms with Crippen LogP contribution in [0.15, 0.2) is 48.1 Å². The quantitative estimate of drug-likeness (QED) is 0.233. The van der Waals surface area contributed by atoms with Gasteiger partial charge < -0.3 is 4.57 Å². The molecule has 0 amide bonds. The van der Waals surface area contributed by atoms with Crippen molar-refractivity contribution in [2.24, 2.45) is 0 Å². The van der Waals surface area contributed by atoms with Gasteiger partial charge in [-0.25, -0.2) is 4.39 Å². The summed E-state index contributed by atoms with van der Waals surface area (Å²) in [6.07, 6.45) is 7.36. The molecule has 1 aliphatic carbocycles. The number of aryl methyl sites for hydroxylation is 1. The number of halogens is 1. The number of rotatable bonds is 8. The Bertz CT molecular complexity index is 1130. The topological polar surface area (TPSA) is 52.7 Å². The lowest BCUT2D eigenvalue weighted by Crippen LogP contribution is -2.16. The first-order chi connectivity index (χ1) is 15.5. The van der Waals surface area contributed by atoms with Crippen LogP contribution < -0.4 is 0 Å². The van der Waals surface area contributed by atoms with Crippen molar-refractivity contribution in [3.63, 3.8) is 0 Å². The molecule has 0 spiro atoms. The van der Waals surface area contributed by atoms with E-state index in [1.165, 1.54) is 24.2 Å². The SMILES string of the molecule is C=CCn1c(C)cc(C(=O)CSc2nnc(-c3ccccc3F)n2C2CCCCC2)c1C. The molecule has 1 aliphatic rings. The summed E-state index contributed by atoms with van der Waals surface area (Å²) in [5.41, 5.74) is 3.18. The molecule has 168 valence electrons. The van der Waals surface area contributed by atoms with Gasteiger partial charge in [0.1, 0.15) is 5.82 Å². The second-order valence-electron chi connectivity index (χ2n) is 8.34. The lowest BCUT2D eigenvalue weighted by molar-refractivity contribution is 0.102. The summed E-state index contributed by atoms with van der Waals surface area (Å²) in [5.74, 6) is 0.568. The zero-order valence-corrected chi connectivity index (χ0v) is 19.5. The van der Waals surface area contributed by atoms with Crippen molar-refractivity contribution in [1.29, 1.82) is 0 Å². The Kier molecular flexibility index (Phi) is 6.94. The Hall–Kier alpha value is -2.67. The van der Waals surface area contributed by atoms with Crippen LogP contribution in [0, 0.1) is 19.7 Å². The number of thioether (sulfide) groups is 1. The monoisotopic (exact) mass is 452 g/mol. The predicted octanol–water partition coefficient (Wildman–Crippen LogP) is 6.17. The van der Waals surface area contributed by atoms with Gasteiger partial charge in [0.05, 0.1) is 11.3 Å². The number of Topliss-reactive ketones (excluding diaryl/α,β-unsaturated/α-hetero) is 1. The van der Waals surface area contributed by atoms with Crippen LogP contribution in [0.1, 0.15) is 59.9 Å². The van der Waals surface area contributed by atoms with Crippen molar-refractivity contribution in [2.75, 3.05) is 5.75 Å². The fraction of sp³-hybridized carbons (Fsp3) is 0.400. The summed E-state index contributed by atoms with van der Waals surface area (Å²) in [6, 6.07) is 8.85. The number of allylic oxidation sites excluding steroid dienone is 1. The Balaban J connectivity index is 1.61. The molecule has 5 nitrogen and oxygen atoms in total. The second-order valence-corrected chi connectivity index (χ2v) is 9.29. The van der Waals surface area contributed by atoms with Crippen LogP contribution in [0.3, 0.4) is 0 Å². The lowest BCUT2D eigenvalue weighted by atomic mass is 9.95. The maximum absolute atomic E-state index is 14.6. The average molecular weight is 453 g/mol. The van der Waals surface area contributed by atoms with Gasteiger partial charge in [-0.05, 0) is 44.9 Å². The zero-order valence-electron chi connectivity index (χ0n) is 18.7. The van der Waals surface area contributed by atoms with Crippen LogP contribution in [-0.4, -0.2) is 30.9 Å². The van der Waals surface area contributed by atoms with Crippen LogP contribution in [0.4, 0.5) is 4.39 Å². The van der Waals surface area contributed by atoms with Crippen LogP contribution >= 0.6 is 11.8 Å². The molecule has 0 aliphatic heterocycles. The van der Waals surface area contributed by atoms with E-state index >= 15 is 0 Å². The molecule has 0 bridgehead atoms. The Morgan fingerprint density at radius 2 is 1.97 bits per heavy atom. The maximum Gasteiger partial charge on any atom is 0.192 e. The summed E-state index contributed by atoms with van der Waals surface area (Å²) >= 11 is 1.39. The van der Waals surface area contributed by atoms with Crippen molar-refractivity contribution in [1.82, 2.24) is 19.3 Å². The van der Waals surface area contributed by atoms with E-state index in [1.807, 2.05) is 32.1 Å². The Labute approximate surface area is 192 Å².